The van der Waals surface area contributed by atoms with Gasteiger partial charge in [0.15, 0.2) is 9.84 Å². The highest BCUT2D eigenvalue weighted by Gasteiger charge is 2.45. The van der Waals surface area contributed by atoms with Crippen LogP contribution in [0.2, 0.25) is 0 Å². The number of imidazole rings is 1. The van der Waals surface area contributed by atoms with E-state index in [1.807, 2.05) is 18.2 Å². The van der Waals surface area contributed by atoms with Crippen molar-refractivity contribution in [1.82, 2.24) is 34.9 Å². The molecule has 74 heavy (non-hydrogen) atoms. The van der Waals surface area contributed by atoms with Gasteiger partial charge in [0.25, 0.3) is 0 Å². The quantitative estimate of drug-likeness (QED) is 0.119. The summed E-state index contributed by atoms with van der Waals surface area (Å²) in [7, 11) is -1.79. The zero-order chi connectivity index (χ0) is 54.4. The second kappa shape index (κ2) is 23.7. The number of hydrogen-bond acceptors (Lipinski definition) is 12. The van der Waals surface area contributed by atoms with Gasteiger partial charge in [0.05, 0.1) is 21.2 Å². The number of carbonyl (C=O) groups excluding carboxylic acids is 7. The molecule has 404 valence electrons. The van der Waals surface area contributed by atoms with E-state index < -0.39 is 80.9 Å². The van der Waals surface area contributed by atoms with E-state index in [-0.39, 0.29) is 73.1 Å². The number of carbonyl (C=O) groups is 8. The van der Waals surface area contributed by atoms with Crippen LogP contribution in [0.1, 0.15) is 108 Å². The molecular formula is C49H64F3N9O12S. The van der Waals surface area contributed by atoms with E-state index in [2.05, 4.69) is 16.0 Å². The third-order valence-corrected chi connectivity index (χ3v) is 16.6. The van der Waals surface area contributed by atoms with Crippen LogP contribution in [0.15, 0.2) is 52.2 Å². The number of aromatic nitrogens is 2. The molecule has 7 rings (SSSR count). The maximum absolute atomic E-state index is 13.9. The number of nitrogens with one attached hydrogen (secondary N) is 3. The molecule has 2 aromatic carbocycles. The van der Waals surface area contributed by atoms with Crippen LogP contribution in [-0.2, 0) is 68.2 Å². The predicted octanol–water partition coefficient (Wildman–Crippen LogP) is 1.86. The van der Waals surface area contributed by atoms with E-state index >= 15 is 0 Å². The first kappa shape index (κ1) is 56.7. The Balaban J connectivity index is 0.00000119. The van der Waals surface area contributed by atoms with Crippen molar-refractivity contribution < 1.29 is 65.1 Å². The lowest BCUT2D eigenvalue weighted by Crippen LogP contribution is -2.60. The Morgan fingerprint density at radius 2 is 1.51 bits per heavy atom. The molecule has 3 aromatic rings. The van der Waals surface area contributed by atoms with Crippen LogP contribution in [0.4, 0.5) is 13.2 Å². The van der Waals surface area contributed by atoms with E-state index in [0.29, 0.717) is 49.2 Å². The first-order valence-corrected chi connectivity index (χ1v) is 26.2. The van der Waals surface area contributed by atoms with Crippen LogP contribution in [0.3, 0.4) is 0 Å². The van der Waals surface area contributed by atoms with Crippen molar-refractivity contribution in [3.05, 3.63) is 64.1 Å². The number of benzene rings is 2. The number of amides is 7. The maximum atomic E-state index is 13.9. The Bertz CT molecular complexity index is 2810. The number of halogens is 3. The SMILES string of the molecule is CC(C)S(=O)(=O)c1ccc(CNC(=O)[C@H](CCC(N)=O)NC(=O)[C@@H]2CC[C@@H]3CCN(C(=O)CC4CCC(Cc5ccc6c(c5)n(C)c(=O)n6C5CCC(=O)NC5=O)CC4)C[C@H](N)C(=O)N32)cc1.O=C(O)C(F)(F)F. The second-order valence-corrected chi connectivity index (χ2v) is 22.4. The average Bonchev–Trinajstić information content (AvgIpc) is 3.87. The van der Waals surface area contributed by atoms with Crippen molar-refractivity contribution in [2.24, 2.45) is 30.4 Å². The Morgan fingerprint density at radius 3 is 2.12 bits per heavy atom. The lowest BCUT2D eigenvalue weighted by Gasteiger charge is -2.38. The summed E-state index contributed by atoms with van der Waals surface area (Å²) in [5.74, 6) is -5.30. The molecule has 0 bridgehead atoms. The molecule has 7 amide bonds. The summed E-state index contributed by atoms with van der Waals surface area (Å²) >= 11 is 0. The van der Waals surface area contributed by atoms with Crippen LogP contribution in [0, 0.1) is 11.8 Å². The van der Waals surface area contributed by atoms with Gasteiger partial charge in [-0.3, -0.25) is 48.0 Å². The number of sulfone groups is 1. The van der Waals surface area contributed by atoms with Crippen LogP contribution in [0.5, 0.6) is 0 Å². The highest BCUT2D eigenvalue weighted by atomic mass is 32.2. The van der Waals surface area contributed by atoms with Gasteiger partial charge in [0.2, 0.25) is 41.4 Å². The molecule has 3 aliphatic heterocycles. The number of hydrogen-bond donors (Lipinski definition) is 6. The third-order valence-electron chi connectivity index (χ3n) is 14.4. The van der Waals surface area contributed by atoms with Gasteiger partial charge >= 0.3 is 17.8 Å². The summed E-state index contributed by atoms with van der Waals surface area (Å²) in [5.41, 5.74) is 14.6. The second-order valence-electron chi connectivity index (χ2n) is 19.8. The fraction of sp³-hybridized carbons (Fsp3) is 0.571. The monoisotopic (exact) mass is 1060 g/mol. The minimum Gasteiger partial charge on any atom is -0.475 e. The van der Waals surface area contributed by atoms with Gasteiger partial charge in [-0.15, -0.1) is 0 Å². The molecule has 5 atom stereocenters. The molecule has 1 aromatic heterocycles. The number of nitrogens with two attached hydrogens (primary N) is 2. The van der Waals surface area contributed by atoms with Crippen molar-refractivity contribution in [1.29, 1.82) is 0 Å². The summed E-state index contributed by atoms with van der Waals surface area (Å²) in [5, 5.41) is 14.4. The van der Waals surface area contributed by atoms with E-state index in [0.717, 1.165) is 43.2 Å². The first-order chi connectivity index (χ1) is 34.8. The van der Waals surface area contributed by atoms with E-state index in [4.69, 9.17) is 21.4 Å². The third kappa shape index (κ3) is 13.6. The number of carboxylic acid groups (broad SMARTS) is 1. The minimum absolute atomic E-state index is 0.00877. The Hall–Kier alpha value is -6.63. The molecule has 8 N–H and O–H groups in total. The molecule has 25 heteroatoms. The predicted molar refractivity (Wildman–Crippen MR) is 260 cm³/mol. The molecule has 1 saturated carbocycles. The highest BCUT2D eigenvalue weighted by Crippen LogP contribution is 2.35. The van der Waals surface area contributed by atoms with Gasteiger partial charge in [0, 0.05) is 52.0 Å². The number of rotatable bonds is 15. The van der Waals surface area contributed by atoms with Gasteiger partial charge in [-0.2, -0.15) is 13.2 Å². The normalized spacial score (nSPS) is 22.9. The van der Waals surface area contributed by atoms with Crippen molar-refractivity contribution in [3.8, 4) is 0 Å². The van der Waals surface area contributed by atoms with Crippen LogP contribution in [0.25, 0.3) is 11.0 Å². The molecule has 4 heterocycles. The van der Waals surface area contributed by atoms with Crippen molar-refractivity contribution in [2.45, 2.75) is 150 Å². The summed E-state index contributed by atoms with van der Waals surface area (Å²) in [6.07, 6.45) is 1.11. The summed E-state index contributed by atoms with van der Waals surface area (Å²) < 4.78 is 59.8. The molecule has 0 spiro atoms. The smallest absolute Gasteiger partial charge is 0.475 e. The van der Waals surface area contributed by atoms with Gasteiger partial charge < -0.3 is 37.0 Å². The first-order valence-electron chi connectivity index (χ1n) is 24.6. The van der Waals surface area contributed by atoms with Crippen LogP contribution < -0.4 is 33.1 Å². The fourth-order valence-electron chi connectivity index (χ4n) is 10.2. The highest BCUT2D eigenvalue weighted by molar-refractivity contribution is 7.92. The van der Waals surface area contributed by atoms with Gasteiger partial charge in [-0.25, -0.2) is 18.0 Å². The largest absolute Gasteiger partial charge is 0.490 e. The Morgan fingerprint density at radius 1 is 0.878 bits per heavy atom. The minimum atomic E-state index is -5.08. The maximum Gasteiger partial charge on any atom is 0.490 e. The molecule has 21 nitrogen and oxygen atoms in total. The molecular weight excluding hydrogens is 996 g/mol. The zero-order valence-electron chi connectivity index (χ0n) is 41.4. The molecule has 4 aliphatic rings. The average molecular weight is 1060 g/mol. The van der Waals surface area contributed by atoms with Crippen molar-refractivity contribution in [3.63, 3.8) is 0 Å². The lowest BCUT2D eigenvalue weighted by atomic mass is 9.78. The summed E-state index contributed by atoms with van der Waals surface area (Å²) in [4.78, 5) is 116. The van der Waals surface area contributed by atoms with Crippen LogP contribution >= 0.6 is 0 Å². The number of nitrogens with zero attached hydrogens (tertiary/aromatic N) is 4. The molecule has 1 unspecified atom stereocenters. The molecule has 0 radical (unpaired) electrons. The number of primary amides is 1. The van der Waals surface area contributed by atoms with Crippen molar-refractivity contribution in [2.75, 3.05) is 13.1 Å². The summed E-state index contributed by atoms with van der Waals surface area (Å²) in [6.45, 7) is 3.59. The zero-order valence-corrected chi connectivity index (χ0v) is 42.2. The van der Waals surface area contributed by atoms with Crippen LogP contribution in [-0.4, -0.2) is 128 Å². The van der Waals surface area contributed by atoms with Gasteiger partial charge in [0.1, 0.15) is 24.2 Å². The number of fused-ring (bicyclic) bond motifs is 2. The summed E-state index contributed by atoms with van der Waals surface area (Å²) in [6, 6.07) is 7.79. The number of piperidine rings is 1. The van der Waals surface area contributed by atoms with Crippen molar-refractivity contribution >= 4 is 68.2 Å². The number of aliphatic carboxylic acids is 1. The van der Waals surface area contributed by atoms with Gasteiger partial charge in [-0.05, 0) is 125 Å². The fourth-order valence-corrected chi connectivity index (χ4v) is 11.3. The molecule has 1 aliphatic carbocycles. The number of alkyl halides is 3. The topological polar surface area (TPSA) is 312 Å². The number of carboxylic acids is 1. The molecule has 3 saturated heterocycles. The number of aryl methyl sites for hydroxylation is 1. The number of imide groups is 1. The Kier molecular flexibility index (Phi) is 18.2. The van der Waals surface area contributed by atoms with E-state index in [1.54, 1.807) is 42.5 Å². The lowest BCUT2D eigenvalue weighted by molar-refractivity contribution is -0.192. The Labute approximate surface area is 424 Å². The van der Waals surface area contributed by atoms with E-state index in [1.165, 1.54) is 21.6 Å². The standard InChI is InChI=1S/C47H63N9O10S.C2HF3O2/c1-27(2)67(65,66)33-12-8-30(9-13-33)25-50-43(60)35(14-18-40(49)57)51-44(61)37-16-11-32-20-21-54(26-34(48)46(63)55(32)37)42(59)24-29-6-4-28(5-7-29)22-31-10-15-36-39(23-31)53(3)47(64)56(36)38-17-19-41(58)52-45(38)62;3-2(4,5)1(6)7/h8-10,12-13,15,23,27-29,32,34-35,37-38H,4-7,11,14,16-22,24-26,48H2,1-3H3,(H2,49,57)(H,50,60)(H,51,61)(H,52,58,62);(H,6,7)/t28?,29?,32-,34+,35+,37+,38?;/m1./s1. The molecule has 4 fully saturated rings. The van der Waals surface area contributed by atoms with E-state index in [9.17, 15) is 59.9 Å². The van der Waals surface area contributed by atoms with Gasteiger partial charge in [-0.1, -0.05) is 18.2 Å².